The zero-order chi connectivity index (χ0) is 19.8. The Morgan fingerprint density at radius 1 is 0.929 bits per heavy atom. The van der Waals surface area contributed by atoms with Crippen LogP contribution in [0.2, 0.25) is 0 Å². The van der Waals surface area contributed by atoms with E-state index in [0.717, 1.165) is 28.3 Å². The normalized spacial score (nSPS) is 11.0. The second-order valence-corrected chi connectivity index (χ2v) is 5.99. The Morgan fingerprint density at radius 3 is 2.14 bits per heavy atom. The first-order valence-electron chi connectivity index (χ1n) is 8.74. The van der Waals surface area contributed by atoms with Gasteiger partial charge >= 0.3 is 0 Å². The van der Waals surface area contributed by atoms with Crippen molar-refractivity contribution in [2.24, 2.45) is 5.10 Å². The Balaban J connectivity index is 1.85. The highest BCUT2D eigenvalue weighted by Crippen LogP contribution is 2.16. The smallest absolute Gasteiger partial charge is 0.272 e. The maximum Gasteiger partial charge on any atom is 0.272 e. The van der Waals surface area contributed by atoms with Gasteiger partial charge in [0.05, 0.1) is 25.5 Å². The van der Waals surface area contributed by atoms with E-state index in [-0.39, 0.29) is 5.91 Å². The van der Waals surface area contributed by atoms with Crippen LogP contribution >= 0.6 is 0 Å². The fourth-order valence-corrected chi connectivity index (χ4v) is 2.61. The largest absolute Gasteiger partial charge is 0.497 e. The molecule has 6 heteroatoms. The van der Waals surface area contributed by atoms with Crippen LogP contribution in [0.15, 0.2) is 78.2 Å². The summed E-state index contributed by atoms with van der Waals surface area (Å²) in [6, 6.07) is 18.7. The third-order valence-electron chi connectivity index (χ3n) is 4.17. The molecule has 0 saturated heterocycles. The van der Waals surface area contributed by atoms with Gasteiger partial charge in [0, 0.05) is 18.8 Å². The predicted molar refractivity (Wildman–Crippen MR) is 108 cm³/mol. The predicted octanol–water partition coefficient (Wildman–Crippen LogP) is 3.48. The number of amides is 1. The minimum Gasteiger partial charge on any atom is -0.497 e. The molecule has 0 atom stereocenters. The molecule has 6 nitrogen and oxygen atoms in total. The Bertz CT molecular complexity index is 937. The molecule has 1 amide bonds. The zero-order valence-electron chi connectivity index (χ0n) is 15.8. The molecule has 142 valence electrons. The van der Waals surface area contributed by atoms with Gasteiger partial charge in [0.25, 0.3) is 5.91 Å². The third-order valence-corrected chi connectivity index (χ3v) is 4.17. The van der Waals surface area contributed by atoms with Gasteiger partial charge in [0.1, 0.15) is 11.5 Å². The second kappa shape index (κ2) is 9.32. The zero-order valence-corrected chi connectivity index (χ0v) is 15.8. The Hall–Kier alpha value is -3.67. The molecule has 1 aromatic heterocycles. The SMILES string of the molecule is COc1ccc(C/C(=N\NC(=O)c2cccnc2)c2ccc(OC)cc2)cc1. The highest BCUT2D eigenvalue weighted by Gasteiger charge is 2.09. The Morgan fingerprint density at radius 2 is 1.57 bits per heavy atom. The molecule has 28 heavy (non-hydrogen) atoms. The molecule has 0 bridgehead atoms. The third kappa shape index (κ3) is 4.94. The topological polar surface area (TPSA) is 72.8 Å². The lowest BCUT2D eigenvalue weighted by Crippen LogP contribution is -2.21. The molecule has 0 aliphatic rings. The number of nitrogens with zero attached hydrogens (tertiary/aromatic N) is 2. The number of nitrogens with one attached hydrogen (secondary N) is 1. The Kier molecular flexibility index (Phi) is 6.36. The van der Waals surface area contributed by atoms with Crippen molar-refractivity contribution in [3.05, 3.63) is 89.7 Å². The van der Waals surface area contributed by atoms with E-state index in [4.69, 9.17) is 9.47 Å². The number of pyridine rings is 1. The van der Waals surface area contributed by atoms with Gasteiger partial charge < -0.3 is 9.47 Å². The molecule has 0 fully saturated rings. The number of benzene rings is 2. The van der Waals surface area contributed by atoms with Crippen LogP contribution in [0.4, 0.5) is 0 Å². The monoisotopic (exact) mass is 375 g/mol. The van der Waals surface area contributed by atoms with Gasteiger partial charge in [0.2, 0.25) is 0 Å². The summed E-state index contributed by atoms with van der Waals surface area (Å²) < 4.78 is 10.4. The number of rotatable bonds is 7. The van der Waals surface area contributed by atoms with Crippen molar-refractivity contribution in [3.63, 3.8) is 0 Å². The fourth-order valence-electron chi connectivity index (χ4n) is 2.61. The summed E-state index contributed by atoms with van der Waals surface area (Å²) in [5.74, 6) is 1.23. The lowest BCUT2D eigenvalue weighted by molar-refractivity contribution is 0.0954. The van der Waals surface area contributed by atoms with E-state index in [1.807, 2.05) is 48.5 Å². The first-order chi connectivity index (χ1) is 13.7. The maximum absolute atomic E-state index is 12.3. The van der Waals surface area contributed by atoms with Crippen LogP contribution < -0.4 is 14.9 Å². The summed E-state index contributed by atoms with van der Waals surface area (Å²) in [6.07, 6.45) is 3.66. The van der Waals surface area contributed by atoms with Crippen LogP contribution in [0.1, 0.15) is 21.5 Å². The molecule has 0 aliphatic carbocycles. The molecule has 1 N–H and O–H groups in total. The first kappa shape index (κ1) is 19.1. The lowest BCUT2D eigenvalue weighted by Gasteiger charge is -2.10. The first-order valence-corrected chi connectivity index (χ1v) is 8.74. The number of hydrazone groups is 1. The maximum atomic E-state index is 12.3. The molecule has 3 rings (SSSR count). The molecular weight excluding hydrogens is 354 g/mol. The summed E-state index contributed by atoms with van der Waals surface area (Å²) in [4.78, 5) is 16.3. The van der Waals surface area contributed by atoms with Crippen molar-refractivity contribution in [1.82, 2.24) is 10.4 Å². The van der Waals surface area contributed by atoms with E-state index in [1.165, 1.54) is 6.20 Å². The van der Waals surface area contributed by atoms with Gasteiger partial charge in [-0.15, -0.1) is 0 Å². The van der Waals surface area contributed by atoms with E-state index in [9.17, 15) is 4.79 Å². The van der Waals surface area contributed by atoms with E-state index < -0.39 is 0 Å². The molecule has 0 spiro atoms. The number of aromatic nitrogens is 1. The van der Waals surface area contributed by atoms with Crippen LogP contribution in [-0.4, -0.2) is 30.8 Å². The van der Waals surface area contributed by atoms with Crippen molar-refractivity contribution < 1.29 is 14.3 Å². The summed E-state index contributed by atoms with van der Waals surface area (Å²) in [5.41, 5.74) is 5.74. The number of methoxy groups -OCH3 is 2. The molecule has 2 aromatic carbocycles. The van der Waals surface area contributed by atoms with Crippen LogP contribution in [0.25, 0.3) is 0 Å². The minimum absolute atomic E-state index is 0.311. The van der Waals surface area contributed by atoms with E-state index in [2.05, 4.69) is 15.5 Å². The standard InChI is InChI=1S/C22H21N3O3/c1-27-19-9-5-16(6-10-19)14-21(17-7-11-20(28-2)12-8-17)24-25-22(26)18-4-3-13-23-15-18/h3-13,15H,14H2,1-2H3,(H,25,26)/b24-21+. The van der Waals surface area contributed by atoms with E-state index in [0.29, 0.717) is 12.0 Å². The molecule has 0 aliphatic heterocycles. The number of hydrogen-bond donors (Lipinski definition) is 1. The Labute approximate surface area is 163 Å². The van der Waals surface area contributed by atoms with Crippen molar-refractivity contribution in [2.75, 3.05) is 14.2 Å². The van der Waals surface area contributed by atoms with Crippen LogP contribution in [0.5, 0.6) is 11.5 Å². The average molecular weight is 375 g/mol. The quantitative estimate of drug-likeness (QED) is 0.507. The molecule has 1 heterocycles. The summed E-state index contributed by atoms with van der Waals surface area (Å²) >= 11 is 0. The van der Waals surface area contributed by atoms with Crippen molar-refractivity contribution >= 4 is 11.6 Å². The number of hydrogen-bond acceptors (Lipinski definition) is 5. The van der Waals surface area contributed by atoms with Gasteiger partial charge in [0.15, 0.2) is 0 Å². The van der Waals surface area contributed by atoms with Crippen LogP contribution in [0, 0.1) is 0 Å². The van der Waals surface area contributed by atoms with Crippen molar-refractivity contribution in [2.45, 2.75) is 6.42 Å². The molecule has 0 unspecified atom stereocenters. The second-order valence-electron chi connectivity index (χ2n) is 5.99. The van der Waals surface area contributed by atoms with Gasteiger partial charge in [-0.1, -0.05) is 12.1 Å². The van der Waals surface area contributed by atoms with Gasteiger partial charge in [-0.25, -0.2) is 5.43 Å². The van der Waals surface area contributed by atoms with E-state index >= 15 is 0 Å². The van der Waals surface area contributed by atoms with E-state index in [1.54, 1.807) is 32.5 Å². The summed E-state index contributed by atoms with van der Waals surface area (Å²) in [7, 11) is 3.25. The molecule has 0 radical (unpaired) electrons. The van der Waals surface area contributed by atoms with Crippen molar-refractivity contribution in [3.8, 4) is 11.5 Å². The average Bonchev–Trinajstić information content (AvgIpc) is 2.77. The number of carbonyl (C=O) groups is 1. The van der Waals surface area contributed by atoms with Crippen molar-refractivity contribution in [1.29, 1.82) is 0 Å². The van der Waals surface area contributed by atoms with Gasteiger partial charge in [-0.05, 0) is 59.7 Å². The van der Waals surface area contributed by atoms with Crippen LogP contribution in [-0.2, 0) is 6.42 Å². The highest BCUT2D eigenvalue weighted by molar-refractivity contribution is 6.03. The highest BCUT2D eigenvalue weighted by atomic mass is 16.5. The number of ether oxygens (including phenoxy) is 2. The molecular formula is C22H21N3O3. The van der Waals surface area contributed by atoms with Crippen LogP contribution in [0.3, 0.4) is 0 Å². The summed E-state index contributed by atoms with van der Waals surface area (Å²) in [5, 5.41) is 4.38. The minimum atomic E-state index is -0.311. The summed E-state index contributed by atoms with van der Waals surface area (Å²) in [6.45, 7) is 0. The van der Waals surface area contributed by atoms with Gasteiger partial charge in [-0.2, -0.15) is 5.10 Å². The molecule has 3 aromatic rings. The number of carbonyl (C=O) groups excluding carboxylic acids is 1. The lowest BCUT2D eigenvalue weighted by atomic mass is 10.0. The van der Waals surface area contributed by atoms with Gasteiger partial charge in [-0.3, -0.25) is 9.78 Å². The molecule has 0 saturated carbocycles. The fraction of sp³-hybridized carbons (Fsp3) is 0.136.